The summed E-state index contributed by atoms with van der Waals surface area (Å²) in [5, 5.41) is 20.8. The maximum Gasteiger partial charge on any atom is 0.0574 e. The summed E-state index contributed by atoms with van der Waals surface area (Å²) in [6.07, 6.45) is 9.17. The first-order valence-electron chi connectivity index (χ1n) is 10.0. The van der Waals surface area contributed by atoms with E-state index in [2.05, 4.69) is 32.0 Å². The zero-order chi connectivity index (χ0) is 17.1. The molecule has 2 aliphatic carbocycles. The van der Waals surface area contributed by atoms with Crippen molar-refractivity contribution in [2.75, 3.05) is 0 Å². The van der Waals surface area contributed by atoms with Gasteiger partial charge in [-0.3, -0.25) is 0 Å². The molecule has 3 rings (SSSR count). The van der Waals surface area contributed by atoms with Crippen LogP contribution in [0.3, 0.4) is 0 Å². The molecule has 2 aliphatic rings. The molecule has 0 saturated heterocycles. The van der Waals surface area contributed by atoms with Crippen LogP contribution in [0.25, 0.3) is 0 Å². The summed E-state index contributed by atoms with van der Waals surface area (Å²) in [5.41, 5.74) is 4.44. The van der Waals surface area contributed by atoms with Crippen LogP contribution in [0, 0.1) is 24.7 Å². The van der Waals surface area contributed by atoms with Gasteiger partial charge >= 0.3 is 0 Å². The van der Waals surface area contributed by atoms with E-state index in [1.165, 1.54) is 29.5 Å². The lowest BCUT2D eigenvalue weighted by molar-refractivity contribution is 0.0870. The van der Waals surface area contributed by atoms with Crippen molar-refractivity contribution in [1.29, 1.82) is 0 Å². The molecule has 0 unspecified atom stereocenters. The lowest BCUT2D eigenvalue weighted by Crippen LogP contribution is -2.28. The van der Waals surface area contributed by atoms with E-state index in [0.717, 1.165) is 44.9 Å². The number of hydrogen-bond acceptors (Lipinski definition) is 2. The average molecular weight is 331 g/mol. The second-order valence-corrected chi connectivity index (χ2v) is 8.24. The Morgan fingerprint density at radius 3 is 2.79 bits per heavy atom. The van der Waals surface area contributed by atoms with Crippen molar-refractivity contribution in [3.05, 3.63) is 34.9 Å². The van der Waals surface area contributed by atoms with Gasteiger partial charge in [-0.1, -0.05) is 44.4 Å². The topological polar surface area (TPSA) is 40.5 Å². The SMILES string of the molecule is CCCCC[C@H](O)CC[C@@H]1[C@@H]2Cc3cccc(C)c3C[C@H]2C[C@H]1O. The minimum atomic E-state index is -0.180. The predicted molar refractivity (Wildman–Crippen MR) is 99.1 cm³/mol. The van der Waals surface area contributed by atoms with Gasteiger partial charge in [0, 0.05) is 0 Å². The number of aryl methyl sites for hydroxylation is 1. The minimum absolute atomic E-state index is 0.169. The van der Waals surface area contributed by atoms with Crippen molar-refractivity contribution < 1.29 is 10.2 Å². The summed E-state index contributed by atoms with van der Waals surface area (Å²) in [7, 11) is 0. The first-order chi connectivity index (χ1) is 11.6. The van der Waals surface area contributed by atoms with Gasteiger partial charge in [-0.15, -0.1) is 0 Å². The number of aliphatic hydroxyl groups excluding tert-OH is 2. The molecule has 0 amide bonds. The highest BCUT2D eigenvalue weighted by Gasteiger charge is 2.44. The van der Waals surface area contributed by atoms with Gasteiger partial charge in [-0.2, -0.15) is 0 Å². The van der Waals surface area contributed by atoms with Gasteiger partial charge < -0.3 is 10.2 Å². The summed E-state index contributed by atoms with van der Waals surface area (Å²) in [6.45, 7) is 4.42. The Morgan fingerprint density at radius 2 is 2.00 bits per heavy atom. The lowest BCUT2D eigenvalue weighted by atomic mass is 9.73. The van der Waals surface area contributed by atoms with Crippen molar-refractivity contribution in [3.63, 3.8) is 0 Å². The second kappa shape index (κ2) is 8.01. The molecule has 1 aromatic carbocycles. The van der Waals surface area contributed by atoms with Crippen LogP contribution in [-0.2, 0) is 12.8 Å². The van der Waals surface area contributed by atoms with Crippen LogP contribution in [-0.4, -0.2) is 22.4 Å². The van der Waals surface area contributed by atoms with E-state index in [1.807, 2.05) is 0 Å². The summed E-state index contributed by atoms with van der Waals surface area (Å²) >= 11 is 0. The zero-order valence-corrected chi connectivity index (χ0v) is 15.4. The maximum absolute atomic E-state index is 10.6. The van der Waals surface area contributed by atoms with Crippen LogP contribution in [0.15, 0.2) is 18.2 Å². The van der Waals surface area contributed by atoms with Gasteiger partial charge in [0.05, 0.1) is 12.2 Å². The molecule has 2 nitrogen and oxygen atoms in total. The van der Waals surface area contributed by atoms with Crippen LogP contribution >= 0.6 is 0 Å². The van der Waals surface area contributed by atoms with E-state index in [9.17, 15) is 10.2 Å². The van der Waals surface area contributed by atoms with Gasteiger partial charge in [-0.05, 0) is 79.9 Å². The molecule has 0 spiro atoms. The van der Waals surface area contributed by atoms with Gasteiger partial charge in [0.1, 0.15) is 0 Å². The Morgan fingerprint density at radius 1 is 1.17 bits per heavy atom. The first-order valence-corrected chi connectivity index (χ1v) is 10.0. The third-order valence-electron chi connectivity index (χ3n) is 6.60. The van der Waals surface area contributed by atoms with Crippen molar-refractivity contribution in [2.45, 2.75) is 83.8 Å². The Kier molecular flexibility index (Phi) is 5.99. The highest BCUT2D eigenvalue weighted by molar-refractivity contribution is 5.37. The van der Waals surface area contributed by atoms with Gasteiger partial charge in [0.25, 0.3) is 0 Å². The van der Waals surface area contributed by atoms with Gasteiger partial charge in [0.15, 0.2) is 0 Å². The molecule has 2 heteroatoms. The predicted octanol–water partition coefficient (Wildman–Crippen LogP) is 4.43. The van der Waals surface area contributed by atoms with Crippen molar-refractivity contribution >= 4 is 0 Å². The number of benzene rings is 1. The quantitative estimate of drug-likeness (QED) is 0.726. The second-order valence-electron chi connectivity index (χ2n) is 8.24. The molecule has 0 bridgehead atoms. The Hall–Kier alpha value is -0.860. The van der Waals surface area contributed by atoms with E-state index in [1.54, 1.807) is 0 Å². The average Bonchev–Trinajstić information content (AvgIpc) is 2.86. The lowest BCUT2D eigenvalue weighted by Gasteiger charge is -2.32. The molecule has 0 aliphatic heterocycles. The third-order valence-corrected chi connectivity index (χ3v) is 6.60. The fraction of sp³-hybridized carbons (Fsp3) is 0.727. The van der Waals surface area contributed by atoms with Crippen LogP contribution in [0.5, 0.6) is 0 Å². The molecule has 1 fully saturated rings. The van der Waals surface area contributed by atoms with Crippen LogP contribution in [0.2, 0.25) is 0 Å². The van der Waals surface area contributed by atoms with Crippen molar-refractivity contribution in [1.82, 2.24) is 0 Å². The number of hydrogen-bond donors (Lipinski definition) is 2. The third kappa shape index (κ3) is 3.86. The van der Waals surface area contributed by atoms with Crippen molar-refractivity contribution in [2.24, 2.45) is 17.8 Å². The first kappa shape index (κ1) is 17.9. The molecule has 0 aromatic heterocycles. The Labute approximate surface area is 147 Å². The molecule has 24 heavy (non-hydrogen) atoms. The number of rotatable bonds is 7. The Balaban J connectivity index is 1.59. The molecule has 134 valence electrons. The van der Waals surface area contributed by atoms with E-state index >= 15 is 0 Å². The highest BCUT2D eigenvalue weighted by atomic mass is 16.3. The maximum atomic E-state index is 10.6. The minimum Gasteiger partial charge on any atom is -0.393 e. The summed E-state index contributed by atoms with van der Waals surface area (Å²) in [6, 6.07) is 6.67. The van der Waals surface area contributed by atoms with E-state index < -0.39 is 0 Å². The molecule has 5 atom stereocenters. The monoisotopic (exact) mass is 330 g/mol. The summed E-state index contributed by atoms with van der Waals surface area (Å²) in [4.78, 5) is 0. The molecule has 1 aromatic rings. The zero-order valence-electron chi connectivity index (χ0n) is 15.4. The largest absolute Gasteiger partial charge is 0.393 e. The highest BCUT2D eigenvalue weighted by Crippen LogP contribution is 2.47. The normalized spacial score (nSPS) is 30.0. The Bertz CT molecular complexity index is 539. The fourth-order valence-corrected chi connectivity index (χ4v) is 5.18. The van der Waals surface area contributed by atoms with Crippen LogP contribution in [0.4, 0.5) is 0 Å². The molecule has 2 N–H and O–H groups in total. The fourth-order valence-electron chi connectivity index (χ4n) is 5.18. The number of aliphatic hydroxyl groups is 2. The summed E-state index contributed by atoms with van der Waals surface area (Å²) < 4.78 is 0. The standard InChI is InChI=1S/C22H34O2/c1-3-4-5-9-18(23)10-11-19-21-12-16-8-6-7-15(2)20(16)13-17(21)14-22(19)24/h6-8,17-19,21-24H,3-5,9-14H2,1-2H3/t17-,18-,19+,21+,22+/m0/s1. The van der Waals surface area contributed by atoms with E-state index in [0.29, 0.717) is 17.8 Å². The van der Waals surface area contributed by atoms with Crippen molar-refractivity contribution in [3.8, 4) is 0 Å². The molecule has 0 radical (unpaired) electrons. The van der Waals surface area contributed by atoms with Gasteiger partial charge in [0.2, 0.25) is 0 Å². The number of fused-ring (bicyclic) bond motifs is 2. The van der Waals surface area contributed by atoms with E-state index in [-0.39, 0.29) is 12.2 Å². The number of unbranched alkanes of at least 4 members (excludes halogenated alkanes) is 2. The molecule has 1 saturated carbocycles. The van der Waals surface area contributed by atoms with E-state index in [4.69, 9.17) is 0 Å². The molecular formula is C22H34O2. The molecule has 0 heterocycles. The summed E-state index contributed by atoms with van der Waals surface area (Å²) in [5.74, 6) is 1.62. The van der Waals surface area contributed by atoms with Gasteiger partial charge in [-0.25, -0.2) is 0 Å². The van der Waals surface area contributed by atoms with Crippen LogP contribution < -0.4 is 0 Å². The van der Waals surface area contributed by atoms with Crippen LogP contribution in [0.1, 0.15) is 68.6 Å². The molecular weight excluding hydrogens is 296 g/mol. The smallest absolute Gasteiger partial charge is 0.0574 e.